The monoisotopic (exact) mass is 782 g/mol. The van der Waals surface area contributed by atoms with Crippen molar-refractivity contribution in [1.82, 2.24) is 0 Å². The maximum Gasteiger partial charge on any atom is 0.239 e. The second kappa shape index (κ2) is 19.2. The van der Waals surface area contributed by atoms with Gasteiger partial charge >= 0.3 is 0 Å². The zero-order chi connectivity index (χ0) is 41.4. The fourth-order valence-corrected chi connectivity index (χ4v) is 6.10. The molecule has 0 fully saturated rings. The van der Waals surface area contributed by atoms with Gasteiger partial charge in [0, 0.05) is 36.6 Å². The molecule has 0 aliphatic rings. The van der Waals surface area contributed by atoms with Crippen molar-refractivity contribution in [2.24, 2.45) is 11.8 Å². The summed E-state index contributed by atoms with van der Waals surface area (Å²) in [7, 11) is 0. The van der Waals surface area contributed by atoms with Gasteiger partial charge in [-0.25, -0.2) is 0 Å². The van der Waals surface area contributed by atoms with Crippen LogP contribution in [0.2, 0.25) is 0 Å². The highest BCUT2D eigenvalue weighted by molar-refractivity contribution is 5.93. The molecule has 56 heavy (non-hydrogen) atoms. The van der Waals surface area contributed by atoms with Gasteiger partial charge in [-0.05, 0) is 74.2 Å². The Kier molecular flexibility index (Phi) is 15.0. The lowest BCUT2D eigenvalue weighted by Gasteiger charge is -2.37. The average Bonchev–Trinajstić information content (AvgIpc) is 3.17. The molecule has 0 bridgehead atoms. The van der Waals surface area contributed by atoms with Crippen LogP contribution >= 0.6 is 0 Å². The Morgan fingerprint density at radius 3 is 1.93 bits per heavy atom. The first-order chi connectivity index (χ1) is 26.4. The lowest BCUT2D eigenvalue weighted by Crippen LogP contribution is -2.53. The highest BCUT2D eigenvalue weighted by atomic mass is 16.5. The van der Waals surface area contributed by atoms with E-state index in [1.165, 1.54) is 63.2 Å². The number of aliphatic hydroxyl groups is 6. The van der Waals surface area contributed by atoms with E-state index in [0.29, 0.717) is 5.56 Å². The first-order valence-corrected chi connectivity index (χ1v) is 18.1. The number of ether oxygens (including phenoxy) is 2. The number of aromatic hydroxyl groups is 4. The molecule has 3 aromatic carbocycles. The number of phenolic OH excluding ortho intramolecular Hbond substituents is 4. The van der Waals surface area contributed by atoms with Crippen molar-refractivity contribution in [3.63, 3.8) is 0 Å². The molecule has 4 rings (SSSR count). The molecule has 15 heteroatoms. The number of carbonyl (C=O) groups excluding carboxylic acids is 1. The Morgan fingerprint density at radius 1 is 0.732 bits per heavy atom. The van der Waals surface area contributed by atoms with E-state index in [-0.39, 0.29) is 52.4 Å². The summed E-state index contributed by atoms with van der Waals surface area (Å²) >= 11 is 0. The smallest absolute Gasteiger partial charge is 0.239 e. The number of aliphatic hydroxyl groups excluding tert-OH is 6. The van der Waals surface area contributed by atoms with Gasteiger partial charge < -0.3 is 65.0 Å². The zero-order valence-corrected chi connectivity index (χ0v) is 31.3. The molecule has 0 saturated carbocycles. The molecule has 15 nitrogen and oxygen atoms in total. The van der Waals surface area contributed by atoms with Gasteiger partial charge in [-0.3, -0.25) is 9.59 Å². The number of hydrogen-bond donors (Lipinski definition) is 10. The van der Waals surface area contributed by atoms with Crippen LogP contribution in [0.25, 0.3) is 28.4 Å². The van der Waals surface area contributed by atoms with E-state index >= 15 is 0 Å². The van der Waals surface area contributed by atoms with Crippen LogP contribution in [0.4, 0.5) is 0 Å². The van der Waals surface area contributed by atoms with Gasteiger partial charge in [-0.1, -0.05) is 32.1 Å². The van der Waals surface area contributed by atoms with Crippen LogP contribution in [0.3, 0.4) is 0 Å². The number of allylic oxidation sites excluding steroid dienone is 1. The fourth-order valence-electron chi connectivity index (χ4n) is 6.10. The van der Waals surface area contributed by atoms with Gasteiger partial charge in [-0.15, -0.1) is 0 Å². The van der Waals surface area contributed by atoms with E-state index < -0.39 is 90.0 Å². The summed E-state index contributed by atoms with van der Waals surface area (Å²) in [5.74, 6) is -3.53. The van der Waals surface area contributed by atoms with Crippen LogP contribution in [0.15, 0.2) is 76.0 Å². The summed E-state index contributed by atoms with van der Waals surface area (Å²) in [6.07, 6.45) is -9.79. The molecule has 0 aliphatic carbocycles. The number of fused-ring (bicyclic) bond motifs is 1. The SMILES string of the molecule is C[C@H](CO)[C@@H](O)C(O)C(O)[C@@H](C)O[C@@H](C(O)C(O)[C@@H](C)Oc1c(-c2ccc(O)cc2)oc2cc(O)cc(O)c2c1=O)[C@H](C)CCC(=O)/C=C/c1ccc(O)cc1. The van der Waals surface area contributed by atoms with Gasteiger partial charge in [0.05, 0.1) is 18.3 Å². The maximum atomic E-state index is 13.8. The lowest BCUT2D eigenvalue weighted by molar-refractivity contribution is -0.187. The van der Waals surface area contributed by atoms with Gasteiger partial charge in [-0.2, -0.15) is 0 Å². The Balaban J connectivity index is 1.63. The minimum absolute atomic E-state index is 0.0378. The Hall–Kier alpha value is -5.00. The molecule has 0 radical (unpaired) electrons. The van der Waals surface area contributed by atoms with Crippen molar-refractivity contribution < 1.29 is 69.8 Å². The highest BCUT2D eigenvalue weighted by Gasteiger charge is 2.40. The van der Waals surface area contributed by atoms with Crippen LogP contribution in [0.5, 0.6) is 28.7 Å². The van der Waals surface area contributed by atoms with Crippen LogP contribution in [0, 0.1) is 11.8 Å². The molecule has 0 saturated heterocycles. The van der Waals surface area contributed by atoms with Crippen molar-refractivity contribution in [2.45, 2.75) is 89.4 Å². The molecule has 1 aromatic heterocycles. The Morgan fingerprint density at radius 2 is 1.32 bits per heavy atom. The molecule has 10 N–H and O–H groups in total. The summed E-state index contributed by atoms with van der Waals surface area (Å²) in [6.45, 7) is 5.30. The van der Waals surface area contributed by atoms with Gasteiger partial charge in [0.25, 0.3) is 0 Å². The van der Waals surface area contributed by atoms with Gasteiger partial charge in [0.2, 0.25) is 11.2 Å². The number of phenols is 4. The van der Waals surface area contributed by atoms with Crippen LogP contribution < -0.4 is 10.2 Å². The van der Waals surface area contributed by atoms with E-state index in [2.05, 4.69) is 0 Å². The minimum atomic E-state index is -1.84. The quantitative estimate of drug-likeness (QED) is 0.0613. The summed E-state index contributed by atoms with van der Waals surface area (Å²) in [4.78, 5) is 26.7. The third kappa shape index (κ3) is 10.6. The number of hydrogen-bond acceptors (Lipinski definition) is 15. The van der Waals surface area contributed by atoms with Gasteiger partial charge in [0.1, 0.15) is 64.5 Å². The Bertz CT molecular complexity index is 1990. The number of benzene rings is 3. The Labute approximate surface area is 322 Å². The summed E-state index contributed by atoms with van der Waals surface area (Å²) in [5, 5.41) is 104. The molecular formula is C41H50O15. The topological polar surface area (TPSA) is 268 Å². The van der Waals surface area contributed by atoms with Crippen molar-refractivity contribution >= 4 is 22.8 Å². The number of ketones is 1. The van der Waals surface area contributed by atoms with Crippen LogP contribution in [-0.2, 0) is 9.53 Å². The lowest BCUT2D eigenvalue weighted by atomic mass is 9.89. The van der Waals surface area contributed by atoms with Crippen molar-refractivity contribution in [2.75, 3.05) is 6.61 Å². The first-order valence-electron chi connectivity index (χ1n) is 18.1. The molecule has 10 atom stereocenters. The highest BCUT2D eigenvalue weighted by Crippen LogP contribution is 2.37. The molecule has 4 aromatic rings. The van der Waals surface area contributed by atoms with Crippen molar-refractivity contribution in [3.8, 4) is 40.1 Å². The molecule has 0 spiro atoms. The molecule has 1 heterocycles. The second-order valence-electron chi connectivity index (χ2n) is 14.1. The number of rotatable bonds is 19. The minimum Gasteiger partial charge on any atom is -0.508 e. The second-order valence-corrected chi connectivity index (χ2v) is 14.1. The van der Waals surface area contributed by atoms with E-state index in [4.69, 9.17) is 13.9 Å². The average molecular weight is 783 g/mol. The standard InChI is InChI=1S/C41H50O15/c1-20(5-11-26(43)12-6-24-7-13-27(44)14-8-24)39(54-22(3)34(49)37(52)33(48)21(2)19-42)38(53)35(50)23(4)55-41-36(51)32-30(47)17-29(46)18-31(32)56-40(41)25-9-15-28(45)16-10-25/h6-10,12-18,20-23,33-35,37-39,42,44-50,52-53H,5,11,19H2,1-4H3/b12-6+/t20-,21-,22-,23-,33-,34?,35?,37?,38?,39-/m1/s1. The fraction of sp³-hybridized carbons (Fsp3) is 0.415. The summed E-state index contributed by atoms with van der Waals surface area (Å²) in [6, 6.07) is 13.7. The van der Waals surface area contributed by atoms with Crippen molar-refractivity contribution in [3.05, 3.63) is 82.5 Å². The first kappa shape index (κ1) is 43.7. The third-order valence-corrected chi connectivity index (χ3v) is 9.70. The summed E-state index contributed by atoms with van der Waals surface area (Å²) < 4.78 is 17.9. The zero-order valence-electron chi connectivity index (χ0n) is 31.3. The van der Waals surface area contributed by atoms with Crippen molar-refractivity contribution in [1.29, 1.82) is 0 Å². The molecule has 4 unspecified atom stereocenters. The molecule has 304 valence electrons. The van der Waals surface area contributed by atoms with E-state index in [1.807, 2.05) is 0 Å². The predicted octanol–water partition coefficient (Wildman–Crippen LogP) is 2.96. The maximum absolute atomic E-state index is 13.8. The third-order valence-electron chi connectivity index (χ3n) is 9.70. The van der Waals surface area contributed by atoms with Gasteiger partial charge in [0.15, 0.2) is 11.5 Å². The molecular weight excluding hydrogens is 732 g/mol. The van der Waals surface area contributed by atoms with Crippen LogP contribution in [-0.4, -0.2) is 112 Å². The number of carbonyl (C=O) groups is 1. The van der Waals surface area contributed by atoms with E-state index in [1.54, 1.807) is 25.1 Å². The van der Waals surface area contributed by atoms with Crippen LogP contribution in [0.1, 0.15) is 46.1 Å². The largest absolute Gasteiger partial charge is 0.508 e. The molecule has 0 aliphatic heterocycles. The van der Waals surface area contributed by atoms with E-state index in [0.717, 1.165) is 12.1 Å². The summed E-state index contributed by atoms with van der Waals surface area (Å²) in [5.41, 5.74) is -0.180. The normalized spacial score (nSPS) is 17.4. The predicted molar refractivity (Wildman–Crippen MR) is 204 cm³/mol. The van der Waals surface area contributed by atoms with E-state index in [9.17, 15) is 60.7 Å². The molecule has 0 amide bonds.